The smallest absolute Gasteiger partial charge is 0.407 e. The molecule has 1 heterocycles. The zero-order valence-electron chi connectivity index (χ0n) is 12.4. The number of aromatic amines is 1. The number of hydrogen-bond acceptors (Lipinski definition) is 3. The average molecular weight is 377 g/mol. The van der Waals surface area contributed by atoms with Gasteiger partial charge in [0.05, 0.1) is 0 Å². The van der Waals surface area contributed by atoms with E-state index in [1.165, 1.54) is 0 Å². The molecule has 2 rings (SSSR count). The lowest BCUT2D eigenvalue weighted by molar-refractivity contribution is 0.140. The molecular formula is C17H17BrN2O3. The molecule has 6 heteroatoms. The maximum Gasteiger partial charge on any atom is 0.407 e. The van der Waals surface area contributed by atoms with Crippen LogP contribution in [-0.4, -0.2) is 17.6 Å². The van der Waals surface area contributed by atoms with E-state index in [1.807, 2.05) is 36.4 Å². The number of benzene rings is 1. The van der Waals surface area contributed by atoms with Crippen LogP contribution in [0, 0.1) is 0 Å². The monoisotopic (exact) mass is 376 g/mol. The first-order valence-electron chi connectivity index (χ1n) is 7.14. The summed E-state index contributed by atoms with van der Waals surface area (Å²) in [6.45, 7) is 0.686. The number of pyridine rings is 1. The van der Waals surface area contributed by atoms with E-state index in [9.17, 15) is 9.59 Å². The van der Waals surface area contributed by atoms with Crippen molar-refractivity contribution in [2.45, 2.75) is 13.0 Å². The molecule has 2 N–H and O–H groups in total. The number of nitrogens with one attached hydrogen (secondary N) is 2. The number of amides is 1. The quantitative estimate of drug-likeness (QED) is 0.758. The normalized spacial score (nSPS) is 10.7. The Labute approximate surface area is 142 Å². The van der Waals surface area contributed by atoms with Gasteiger partial charge in [0.1, 0.15) is 6.61 Å². The Morgan fingerprint density at radius 2 is 2.09 bits per heavy atom. The van der Waals surface area contributed by atoms with Crippen LogP contribution in [-0.2, 0) is 11.3 Å². The molecule has 120 valence electrons. The van der Waals surface area contributed by atoms with Crippen molar-refractivity contribution in [1.82, 2.24) is 10.3 Å². The molecular weight excluding hydrogens is 360 g/mol. The van der Waals surface area contributed by atoms with Gasteiger partial charge in [0.15, 0.2) is 0 Å². The van der Waals surface area contributed by atoms with E-state index in [0.717, 1.165) is 10.0 Å². The molecule has 0 bridgehead atoms. The Bertz CT molecular complexity index is 726. The van der Waals surface area contributed by atoms with Crippen molar-refractivity contribution < 1.29 is 9.53 Å². The van der Waals surface area contributed by atoms with E-state index in [1.54, 1.807) is 18.3 Å². The first-order chi connectivity index (χ1) is 11.1. The lowest BCUT2D eigenvalue weighted by Crippen LogP contribution is -2.24. The topological polar surface area (TPSA) is 71.2 Å². The Balaban J connectivity index is 1.68. The van der Waals surface area contributed by atoms with Gasteiger partial charge in [0, 0.05) is 22.8 Å². The number of carbonyl (C=O) groups is 1. The van der Waals surface area contributed by atoms with Crippen molar-refractivity contribution in [1.29, 1.82) is 0 Å². The van der Waals surface area contributed by atoms with E-state index >= 15 is 0 Å². The molecule has 0 fully saturated rings. The zero-order chi connectivity index (χ0) is 16.5. The molecule has 0 aliphatic carbocycles. The highest BCUT2D eigenvalue weighted by Crippen LogP contribution is 2.07. The number of hydrogen-bond donors (Lipinski definition) is 2. The SMILES string of the molecule is O=C(NCCC=Cc1cc(Br)c[nH]c1=O)OCc1ccccc1. The number of alkyl carbamates (subject to hydrolysis) is 1. The third-order valence-electron chi connectivity index (χ3n) is 2.99. The van der Waals surface area contributed by atoms with Gasteiger partial charge in [-0.25, -0.2) is 4.79 Å². The summed E-state index contributed by atoms with van der Waals surface area (Å²) in [6, 6.07) is 11.2. The van der Waals surface area contributed by atoms with E-state index in [-0.39, 0.29) is 12.2 Å². The van der Waals surface area contributed by atoms with Crippen molar-refractivity contribution in [3.63, 3.8) is 0 Å². The summed E-state index contributed by atoms with van der Waals surface area (Å²) in [4.78, 5) is 25.7. The number of H-pyrrole nitrogens is 1. The first kappa shape index (κ1) is 17.0. The van der Waals surface area contributed by atoms with Gasteiger partial charge in [0.2, 0.25) is 0 Å². The van der Waals surface area contributed by atoms with Crippen LogP contribution in [0.1, 0.15) is 17.5 Å². The van der Waals surface area contributed by atoms with Gasteiger partial charge >= 0.3 is 6.09 Å². The fourth-order valence-corrected chi connectivity index (χ4v) is 2.20. The van der Waals surface area contributed by atoms with Crippen molar-refractivity contribution in [2.24, 2.45) is 0 Å². The highest BCUT2D eigenvalue weighted by molar-refractivity contribution is 9.10. The van der Waals surface area contributed by atoms with Gasteiger partial charge < -0.3 is 15.0 Å². The number of halogens is 1. The molecule has 0 spiro atoms. The summed E-state index contributed by atoms with van der Waals surface area (Å²) in [6.07, 6.45) is 5.29. The van der Waals surface area contributed by atoms with Crippen LogP contribution in [0.15, 0.2) is 57.9 Å². The highest BCUT2D eigenvalue weighted by atomic mass is 79.9. The molecule has 0 saturated heterocycles. The van der Waals surface area contributed by atoms with E-state index in [0.29, 0.717) is 18.5 Å². The molecule has 0 aliphatic heterocycles. The number of ether oxygens (including phenoxy) is 1. The van der Waals surface area contributed by atoms with Crippen LogP contribution in [0.3, 0.4) is 0 Å². The maximum absolute atomic E-state index is 11.5. The van der Waals surface area contributed by atoms with Gasteiger partial charge in [-0.15, -0.1) is 0 Å². The Hall–Kier alpha value is -2.34. The molecule has 0 unspecified atom stereocenters. The molecule has 0 atom stereocenters. The second-order valence-corrected chi connectivity index (χ2v) is 5.70. The third kappa shape index (κ3) is 6.12. The van der Waals surface area contributed by atoms with Crippen molar-refractivity contribution in [3.05, 3.63) is 74.6 Å². The molecule has 23 heavy (non-hydrogen) atoms. The molecule has 1 aromatic heterocycles. The first-order valence-corrected chi connectivity index (χ1v) is 7.94. The predicted octanol–water partition coefficient (Wildman–Crippen LogP) is 3.47. The van der Waals surface area contributed by atoms with Crippen LogP contribution in [0.25, 0.3) is 6.08 Å². The molecule has 0 saturated carbocycles. The molecule has 2 aromatic rings. The summed E-state index contributed by atoms with van der Waals surface area (Å²) < 4.78 is 5.90. The summed E-state index contributed by atoms with van der Waals surface area (Å²) in [7, 11) is 0. The van der Waals surface area contributed by atoms with Crippen LogP contribution in [0.2, 0.25) is 0 Å². The van der Waals surface area contributed by atoms with Gasteiger partial charge in [-0.05, 0) is 34.0 Å². The lowest BCUT2D eigenvalue weighted by Gasteiger charge is -2.05. The van der Waals surface area contributed by atoms with Crippen molar-refractivity contribution in [3.8, 4) is 0 Å². The summed E-state index contributed by atoms with van der Waals surface area (Å²) in [5.74, 6) is 0. The van der Waals surface area contributed by atoms with Crippen LogP contribution in [0.4, 0.5) is 4.79 Å². The maximum atomic E-state index is 11.5. The fourth-order valence-electron chi connectivity index (χ4n) is 1.84. The molecule has 1 amide bonds. The number of rotatable bonds is 6. The standard InChI is InChI=1S/C17H17BrN2O3/c18-15-10-14(16(21)20-11-15)8-4-5-9-19-17(22)23-12-13-6-2-1-3-7-13/h1-4,6-8,10-11H,5,9,12H2,(H,19,22)(H,20,21). The van der Waals surface area contributed by atoms with Gasteiger partial charge in [-0.2, -0.15) is 0 Å². The lowest BCUT2D eigenvalue weighted by atomic mass is 10.2. The second kappa shape index (κ2) is 8.95. The third-order valence-corrected chi connectivity index (χ3v) is 3.45. The molecule has 0 radical (unpaired) electrons. The number of carbonyl (C=O) groups excluding carboxylic acids is 1. The largest absolute Gasteiger partial charge is 0.445 e. The summed E-state index contributed by atoms with van der Waals surface area (Å²) >= 11 is 3.30. The van der Waals surface area contributed by atoms with E-state index < -0.39 is 6.09 Å². The highest BCUT2D eigenvalue weighted by Gasteiger charge is 2.01. The fraction of sp³-hybridized carbons (Fsp3) is 0.176. The Morgan fingerprint density at radius 3 is 2.87 bits per heavy atom. The Morgan fingerprint density at radius 1 is 1.30 bits per heavy atom. The van der Waals surface area contributed by atoms with Crippen molar-refractivity contribution >= 4 is 28.1 Å². The van der Waals surface area contributed by atoms with Crippen LogP contribution < -0.4 is 10.9 Å². The van der Waals surface area contributed by atoms with Crippen molar-refractivity contribution in [2.75, 3.05) is 6.54 Å². The zero-order valence-corrected chi connectivity index (χ0v) is 14.0. The molecule has 0 aliphatic rings. The minimum Gasteiger partial charge on any atom is -0.445 e. The van der Waals surface area contributed by atoms with Gasteiger partial charge in [0.25, 0.3) is 5.56 Å². The summed E-state index contributed by atoms with van der Waals surface area (Å²) in [5.41, 5.74) is 1.35. The van der Waals surface area contributed by atoms with Gasteiger partial charge in [-0.3, -0.25) is 4.79 Å². The molecule has 1 aromatic carbocycles. The Kier molecular flexibility index (Phi) is 6.62. The second-order valence-electron chi connectivity index (χ2n) is 4.78. The van der Waals surface area contributed by atoms with E-state index in [2.05, 4.69) is 26.2 Å². The minimum atomic E-state index is -0.456. The predicted molar refractivity (Wildman–Crippen MR) is 93.0 cm³/mol. The molecule has 5 nitrogen and oxygen atoms in total. The number of aromatic nitrogens is 1. The van der Waals surface area contributed by atoms with Crippen LogP contribution in [0.5, 0.6) is 0 Å². The summed E-state index contributed by atoms with van der Waals surface area (Å²) in [5, 5.41) is 2.66. The van der Waals surface area contributed by atoms with E-state index in [4.69, 9.17) is 4.74 Å². The average Bonchev–Trinajstić information content (AvgIpc) is 2.56. The van der Waals surface area contributed by atoms with Gasteiger partial charge in [-0.1, -0.05) is 42.5 Å². The minimum absolute atomic E-state index is 0.153. The van der Waals surface area contributed by atoms with Crippen LogP contribution >= 0.6 is 15.9 Å².